The van der Waals surface area contributed by atoms with Gasteiger partial charge >= 0.3 is 0 Å². The first-order valence-electron chi connectivity index (χ1n) is 7.38. The summed E-state index contributed by atoms with van der Waals surface area (Å²) in [7, 11) is 0. The van der Waals surface area contributed by atoms with E-state index in [9.17, 15) is 4.79 Å². The van der Waals surface area contributed by atoms with E-state index in [-0.39, 0.29) is 11.9 Å². The summed E-state index contributed by atoms with van der Waals surface area (Å²) in [5, 5.41) is 6.78. The van der Waals surface area contributed by atoms with Gasteiger partial charge in [-0.3, -0.25) is 9.89 Å². The van der Waals surface area contributed by atoms with Crippen LogP contribution in [-0.2, 0) is 6.54 Å². The van der Waals surface area contributed by atoms with E-state index in [0.29, 0.717) is 24.7 Å². The molecule has 0 radical (unpaired) electrons. The largest absolute Gasteiger partial charge is 0.477 e. The van der Waals surface area contributed by atoms with Crippen LogP contribution in [0.25, 0.3) is 0 Å². The molecule has 112 valence electrons. The van der Waals surface area contributed by atoms with Gasteiger partial charge in [-0.25, -0.2) is 0 Å². The Morgan fingerprint density at radius 3 is 3.10 bits per heavy atom. The summed E-state index contributed by atoms with van der Waals surface area (Å²) in [5.74, 6) is 0.446. The van der Waals surface area contributed by atoms with Gasteiger partial charge in [0.15, 0.2) is 0 Å². The van der Waals surface area contributed by atoms with Crippen LogP contribution < -0.4 is 4.74 Å². The Kier molecular flexibility index (Phi) is 3.68. The van der Waals surface area contributed by atoms with Gasteiger partial charge in [0.2, 0.25) is 5.88 Å². The van der Waals surface area contributed by atoms with Crippen LogP contribution >= 0.6 is 0 Å². The third kappa shape index (κ3) is 2.41. The highest BCUT2D eigenvalue weighted by atomic mass is 16.5. The summed E-state index contributed by atoms with van der Waals surface area (Å²) in [6.07, 6.45) is 2.96. The van der Waals surface area contributed by atoms with Gasteiger partial charge in [-0.2, -0.15) is 0 Å². The second-order valence-corrected chi connectivity index (χ2v) is 5.10. The first-order chi connectivity index (χ1) is 10.2. The van der Waals surface area contributed by atoms with Crippen molar-refractivity contribution >= 4 is 5.91 Å². The molecule has 0 fully saturated rings. The van der Waals surface area contributed by atoms with Crippen molar-refractivity contribution in [3.05, 3.63) is 35.8 Å². The molecular formula is C15H20N4O2. The zero-order valence-corrected chi connectivity index (χ0v) is 12.4. The van der Waals surface area contributed by atoms with Crippen LogP contribution in [0.5, 0.6) is 5.88 Å². The van der Waals surface area contributed by atoms with Gasteiger partial charge < -0.3 is 14.2 Å². The van der Waals surface area contributed by atoms with Gasteiger partial charge in [0, 0.05) is 31.0 Å². The summed E-state index contributed by atoms with van der Waals surface area (Å²) in [6, 6.07) is 5.91. The number of nitrogens with zero attached hydrogens (tertiary/aromatic N) is 3. The molecule has 1 aliphatic heterocycles. The molecule has 1 N–H and O–H groups in total. The normalized spacial score (nSPS) is 17.6. The molecule has 0 bridgehead atoms. The van der Waals surface area contributed by atoms with Crippen LogP contribution in [0.2, 0.25) is 0 Å². The lowest BCUT2D eigenvalue weighted by molar-refractivity contribution is 0.0611. The number of aromatic amines is 1. The molecule has 0 aromatic carbocycles. The van der Waals surface area contributed by atoms with Gasteiger partial charge in [-0.15, -0.1) is 5.10 Å². The fourth-order valence-corrected chi connectivity index (χ4v) is 2.93. The van der Waals surface area contributed by atoms with Crippen molar-refractivity contribution in [2.45, 2.75) is 32.9 Å². The molecule has 6 heteroatoms. The number of H-pyrrole nitrogens is 1. The molecule has 2 aromatic rings. The Morgan fingerprint density at radius 2 is 2.33 bits per heavy atom. The molecule has 21 heavy (non-hydrogen) atoms. The summed E-state index contributed by atoms with van der Waals surface area (Å²) >= 11 is 0. The number of fused-ring (bicyclic) bond motifs is 1. The number of carbonyl (C=O) groups excluding carboxylic acids is 1. The van der Waals surface area contributed by atoms with Gasteiger partial charge in [-0.05, 0) is 25.5 Å². The Morgan fingerprint density at radius 1 is 1.48 bits per heavy atom. The molecule has 6 nitrogen and oxygen atoms in total. The molecule has 1 aliphatic rings. The fraction of sp³-hybridized carbons (Fsp3) is 0.467. The standard InChI is InChI=1S/C15H20N4O2/c1-3-12-13-6-5-7-18(13)8-9-19(12)15(20)11-10-14(17-16-11)21-4-2/h5-7,10,12H,3-4,8-9H2,1-2H3,(H,16,17). The van der Waals surface area contributed by atoms with Crippen LogP contribution in [0.15, 0.2) is 24.4 Å². The third-order valence-electron chi connectivity index (χ3n) is 3.89. The molecule has 1 atom stereocenters. The number of hydrogen-bond acceptors (Lipinski definition) is 3. The molecular weight excluding hydrogens is 268 g/mol. The zero-order valence-electron chi connectivity index (χ0n) is 12.4. The first-order valence-corrected chi connectivity index (χ1v) is 7.38. The van der Waals surface area contributed by atoms with Crippen LogP contribution in [-0.4, -0.2) is 38.7 Å². The number of carbonyl (C=O) groups is 1. The highest BCUT2D eigenvalue weighted by Gasteiger charge is 2.31. The highest BCUT2D eigenvalue weighted by molar-refractivity contribution is 5.93. The van der Waals surface area contributed by atoms with E-state index < -0.39 is 0 Å². The van der Waals surface area contributed by atoms with E-state index in [1.807, 2.05) is 17.9 Å². The first kappa shape index (κ1) is 13.7. The lowest BCUT2D eigenvalue weighted by Crippen LogP contribution is -2.41. The highest BCUT2D eigenvalue weighted by Crippen LogP contribution is 2.30. The predicted molar refractivity (Wildman–Crippen MR) is 78.3 cm³/mol. The molecule has 3 heterocycles. The van der Waals surface area contributed by atoms with E-state index in [2.05, 4.69) is 34.0 Å². The van der Waals surface area contributed by atoms with E-state index in [4.69, 9.17) is 4.74 Å². The van der Waals surface area contributed by atoms with Crippen LogP contribution in [0.1, 0.15) is 42.5 Å². The van der Waals surface area contributed by atoms with Crippen molar-refractivity contribution in [2.24, 2.45) is 0 Å². The zero-order chi connectivity index (χ0) is 14.8. The number of ether oxygens (including phenoxy) is 1. The van der Waals surface area contributed by atoms with Crippen molar-refractivity contribution in [3.8, 4) is 5.88 Å². The lowest BCUT2D eigenvalue weighted by Gasteiger charge is -2.36. The molecule has 2 aromatic heterocycles. The fourth-order valence-electron chi connectivity index (χ4n) is 2.93. The molecule has 0 saturated heterocycles. The smallest absolute Gasteiger partial charge is 0.272 e. The van der Waals surface area contributed by atoms with Gasteiger partial charge in [-0.1, -0.05) is 6.92 Å². The molecule has 0 saturated carbocycles. The maximum Gasteiger partial charge on any atom is 0.272 e. The predicted octanol–water partition coefficient (Wildman–Crippen LogP) is 2.22. The molecule has 1 unspecified atom stereocenters. The Balaban J connectivity index is 1.83. The van der Waals surface area contributed by atoms with Crippen LogP contribution in [0.3, 0.4) is 0 Å². The van der Waals surface area contributed by atoms with Crippen LogP contribution in [0.4, 0.5) is 0 Å². The van der Waals surface area contributed by atoms with Crippen molar-refractivity contribution in [1.29, 1.82) is 0 Å². The summed E-state index contributed by atoms with van der Waals surface area (Å²) < 4.78 is 7.52. The van der Waals surface area contributed by atoms with Gasteiger partial charge in [0.1, 0.15) is 5.69 Å². The van der Waals surface area contributed by atoms with E-state index >= 15 is 0 Å². The van der Waals surface area contributed by atoms with E-state index in [0.717, 1.165) is 13.0 Å². The topological polar surface area (TPSA) is 63.1 Å². The minimum atomic E-state index is -0.0206. The van der Waals surface area contributed by atoms with Crippen molar-refractivity contribution in [2.75, 3.05) is 13.2 Å². The van der Waals surface area contributed by atoms with Crippen molar-refractivity contribution < 1.29 is 9.53 Å². The average molecular weight is 288 g/mol. The minimum absolute atomic E-state index is 0.0206. The number of hydrogen-bond donors (Lipinski definition) is 1. The Hall–Kier alpha value is -2.24. The molecule has 0 spiro atoms. The summed E-state index contributed by atoms with van der Waals surface area (Å²) in [6.45, 7) is 6.07. The van der Waals surface area contributed by atoms with Crippen molar-refractivity contribution in [1.82, 2.24) is 19.7 Å². The quantitative estimate of drug-likeness (QED) is 0.938. The maximum absolute atomic E-state index is 12.7. The van der Waals surface area contributed by atoms with Crippen molar-refractivity contribution in [3.63, 3.8) is 0 Å². The second-order valence-electron chi connectivity index (χ2n) is 5.10. The Labute approximate surface area is 123 Å². The number of rotatable bonds is 4. The molecule has 1 amide bonds. The molecule has 3 rings (SSSR count). The van der Waals surface area contributed by atoms with Gasteiger partial charge in [0.25, 0.3) is 5.91 Å². The lowest BCUT2D eigenvalue weighted by atomic mass is 10.1. The number of aromatic nitrogens is 3. The van der Waals surface area contributed by atoms with Gasteiger partial charge in [0.05, 0.1) is 12.6 Å². The monoisotopic (exact) mass is 288 g/mol. The summed E-state index contributed by atoms with van der Waals surface area (Å²) in [4.78, 5) is 14.6. The summed E-state index contributed by atoms with van der Waals surface area (Å²) in [5.41, 5.74) is 1.68. The minimum Gasteiger partial charge on any atom is -0.477 e. The SMILES string of the molecule is CCOc1cc(C(=O)N2CCn3cccc3C2CC)[nH]n1. The average Bonchev–Trinajstić information content (AvgIpc) is 3.14. The number of nitrogens with one attached hydrogen (secondary N) is 1. The third-order valence-corrected chi connectivity index (χ3v) is 3.89. The maximum atomic E-state index is 12.7. The van der Waals surface area contributed by atoms with Crippen LogP contribution in [0, 0.1) is 0 Å². The number of amides is 1. The molecule has 0 aliphatic carbocycles. The van der Waals surface area contributed by atoms with E-state index in [1.54, 1.807) is 6.07 Å². The van der Waals surface area contributed by atoms with E-state index in [1.165, 1.54) is 5.69 Å². The Bertz CT molecular complexity index is 631. The second kappa shape index (κ2) is 5.63.